The van der Waals surface area contributed by atoms with Crippen molar-refractivity contribution in [2.45, 2.75) is 0 Å². The fourth-order valence-electron chi connectivity index (χ4n) is 1.36. The number of benzene rings is 1. The summed E-state index contributed by atoms with van der Waals surface area (Å²) in [5, 5.41) is 1.81. The molecule has 0 radical (unpaired) electrons. The molecule has 2 rings (SSSR count). The summed E-state index contributed by atoms with van der Waals surface area (Å²) in [6.07, 6.45) is 0. The third kappa shape index (κ3) is 2.50. The quantitative estimate of drug-likeness (QED) is 0.698. The van der Waals surface area contributed by atoms with Crippen molar-refractivity contribution in [1.29, 1.82) is 0 Å². The highest BCUT2D eigenvalue weighted by Crippen LogP contribution is 2.26. The fraction of sp³-hybridized carbons (Fsp3) is 0.0833. The normalized spacial score (nSPS) is 10.2. The van der Waals surface area contributed by atoms with Crippen LogP contribution in [0.4, 0.5) is 5.69 Å². The van der Waals surface area contributed by atoms with E-state index in [1.165, 1.54) is 11.3 Å². The van der Waals surface area contributed by atoms with Crippen LogP contribution in [-0.4, -0.2) is 12.9 Å². The van der Waals surface area contributed by atoms with Crippen molar-refractivity contribution in [2.75, 3.05) is 12.8 Å². The molecular weight excluding hydrogens is 302 g/mol. The third-order valence-electron chi connectivity index (χ3n) is 2.30. The minimum Gasteiger partial charge on any atom is -0.496 e. The Balaban J connectivity index is 2.33. The molecule has 2 N–H and O–H groups in total. The van der Waals surface area contributed by atoms with Gasteiger partial charge in [-0.05, 0) is 34.1 Å². The Morgan fingerprint density at radius 2 is 2.18 bits per heavy atom. The molecule has 0 fully saturated rings. The Hall–Kier alpha value is -1.33. The number of thiophene rings is 1. The molecule has 88 valence electrons. The lowest BCUT2D eigenvalue weighted by atomic mass is 10.1. The summed E-state index contributed by atoms with van der Waals surface area (Å²) in [6.45, 7) is 0. The summed E-state index contributed by atoms with van der Waals surface area (Å²) >= 11 is 4.67. The summed E-state index contributed by atoms with van der Waals surface area (Å²) in [6, 6.07) is 6.89. The van der Waals surface area contributed by atoms with E-state index in [4.69, 9.17) is 10.5 Å². The number of anilines is 1. The lowest BCUT2D eigenvalue weighted by Gasteiger charge is -2.01. The first-order valence-corrected chi connectivity index (χ1v) is 6.51. The zero-order chi connectivity index (χ0) is 12.4. The van der Waals surface area contributed by atoms with Gasteiger partial charge in [0.15, 0.2) is 0 Å². The van der Waals surface area contributed by atoms with Crippen molar-refractivity contribution in [3.8, 4) is 5.75 Å². The average molecular weight is 312 g/mol. The second kappa shape index (κ2) is 4.89. The minimum atomic E-state index is -0.0287. The SMILES string of the molecule is COc1csc(C(=O)c2ccc(N)c(Br)c2)c1. The first-order chi connectivity index (χ1) is 8.11. The van der Waals surface area contributed by atoms with Crippen molar-refractivity contribution >= 4 is 38.7 Å². The van der Waals surface area contributed by atoms with Gasteiger partial charge in [-0.15, -0.1) is 11.3 Å². The lowest BCUT2D eigenvalue weighted by Crippen LogP contribution is -1.99. The molecule has 0 bridgehead atoms. The average Bonchev–Trinajstić information content (AvgIpc) is 2.80. The van der Waals surface area contributed by atoms with Crippen LogP contribution < -0.4 is 10.5 Å². The van der Waals surface area contributed by atoms with Crippen LogP contribution in [0.3, 0.4) is 0 Å². The van der Waals surface area contributed by atoms with Crippen LogP contribution in [0.15, 0.2) is 34.1 Å². The number of methoxy groups -OCH3 is 1. The molecule has 0 amide bonds. The predicted octanol–water partition coefficient (Wildman–Crippen LogP) is 3.33. The molecular formula is C12H10BrNO2S. The van der Waals surface area contributed by atoms with Gasteiger partial charge in [-0.3, -0.25) is 4.79 Å². The summed E-state index contributed by atoms with van der Waals surface area (Å²) in [5.41, 5.74) is 6.90. The molecule has 0 aliphatic carbocycles. The van der Waals surface area contributed by atoms with Crippen LogP contribution in [0.5, 0.6) is 5.75 Å². The monoisotopic (exact) mass is 311 g/mol. The Bertz CT molecular complexity index is 565. The maximum absolute atomic E-state index is 12.1. The molecule has 2 aromatic rings. The van der Waals surface area contributed by atoms with Gasteiger partial charge >= 0.3 is 0 Å². The van der Waals surface area contributed by atoms with Crippen LogP contribution in [-0.2, 0) is 0 Å². The molecule has 5 heteroatoms. The van der Waals surface area contributed by atoms with E-state index >= 15 is 0 Å². The van der Waals surface area contributed by atoms with Gasteiger partial charge in [-0.25, -0.2) is 0 Å². The van der Waals surface area contributed by atoms with E-state index in [0.717, 1.165) is 4.47 Å². The van der Waals surface area contributed by atoms with E-state index in [-0.39, 0.29) is 5.78 Å². The molecule has 0 spiro atoms. The highest BCUT2D eigenvalue weighted by atomic mass is 79.9. The highest BCUT2D eigenvalue weighted by molar-refractivity contribution is 9.10. The van der Waals surface area contributed by atoms with Gasteiger partial charge in [0.25, 0.3) is 0 Å². The maximum Gasteiger partial charge on any atom is 0.203 e. The van der Waals surface area contributed by atoms with Crippen molar-refractivity contribution < 1.29 is 9.53 Å². The molecule has 0 saturated heterocycles. The second-order valence-corrected chi connectivity index (χ2v) is 5.18. The smallest absolute Gasteiger partial charge is 0.203 e. The van der Waals surface area contributed by atoms with Crippen LogP contribution in [0.2, 0.25) is 0 Å². The summed E-state index contributed by atoms with van der Waals surface area (Å²) < 4.78 is 5.78. The molecule has 0 aliphatic rings. The third-order valence-corrected chi connectivity index (χ3v) is 3.89. The van der Waals surface area contributed by atoms with Crippen molar-refractivity contribution in [3.05, 3.63) is 44.6 Å². The van der Waals surface area contributed by atoms with Gasteiger partial charge in [-0.2, -0.15) is 0 Å². The molecule has 3 nitrogen and oxygen atoms in total. The lowest BCUT2D eigenvalue weighted by molar-refractivity contribution is 0.104. The first-order valence-electron chi connectivity index (χ1n) is 4.84. The molecule has 1 aromatic carbocycles. The van der Waals surface area contributed by atoms with Gasteiger partial charge < -0.3 is 10.5 Å². The number of hydrogen-bond acceptors (Lipinski definition) is 4. The number of ketones is 1. The summed E-state index contributed by atoms with van der Waals surface area (Å²) in [7, 11) is 1.58. The summed E-state index contributed by atoms with van der Waals surface area (Å²) in [4.78, 5) is 12.8. The van der Waals surface area contributed by atoms with Crippen LogP contribution >= 0.6 is 27.3 Å². The fourth-order valence-corrected chi connectivity index (χ4v) is 2.55. The van der Waals surface area contributed by atoms with Crippen molar-refractivity contribution in [1.82, 2.24) is 0 Å². The molecule has 1 heterocycles. The number of hydrogen-bond donors (Lipinski definition) is 1. The molecule has 0 aliphatic heterocycles. The van der Waals surface area contributed by atoms with Gasteiger partial charge in [0.1, 0.15) is 5.75 Å². The predicted molar refractivity (Wildman–Crippen MR) is 72.9 cm³/mol. The van der Waals surface area contributed by atoms with E-state index < -0.39 is 0 Å². The standard InChI is InChI=1S/C12H10BrNO2S/c1-16-8-5-11(17-6-8)12(15)7-2-3-10(14)9(13)4-7/h2-6H,14H2,1H3. The number of nitrogens with two attached hydrogens (primary N) is 1. The van der Waals surface area contributed by atoms with Crippen LogP contribution in [0.1, 0.15) is 15.2 Å². The second-order valence-electron chi connectivity index (χ2n) is 3.42. The first kappa shape index (κ1) is 12.1. The molecule has 17 heavy (non-hydrogen) atoms. The molecule has 0 unspecified atom stereocenters. The topological polar surface area (TPSA) is 52.3 Å². The number of carbonyl (C=O) groups excluding carboxylic acids is 1. The largest absolute Gasteiger partial charge is 0.496 e. The van der Waals surface area contributed by atoms with Gasteiger partial charge in [-0.1, -0.05) is 0 Å². The van der Waals surface area contributed by atoms with E-state index in [9.17, 15) is 4.79 Å². The number of ether oxygens (including phenoxy) is 1. The Kier molecular flexibility index (Phi) is 3.49. The van der Waals surface area contributed by atoms with Gasteiger partial charge in [0.2, 0.25) is 5.78 Å². The van der Waals surface area contributed by atoms with E-state index in [1.807, 2.05) is 0 Å². The number of carbonyl (C=O) groups is 1. The number of nitrogen functional groups attached to an aromatic ring is 1. The van der Waals surface area contributed by atoms with Crippen molar-refractivity contribution in [3.63, 3.8) is 0 Å². The number of rotatable bonds is 3. The van der Waals surface area contributed by atoms with Crippen LogP contribution in [0.25, 0.3) is 0 Å². The Morgan fingerprint density at radius 3 is 2.76 bits per heavy atom. The Labute approximate surface area is 111 Å². The van der Waals surface area contributed by atoms with Crippen LogP contribution in [0, 0.1) is 0 Å². The molecule has 0 atom stereocenters. The summed E-state index contributed by atoms with van der Waals surface area (Å²) in [5.74, 6) is 0.673. The highest BCUT2D eigenvalue weighted by Gasteiger charge is 2.13. The minimum absolute atomic E-state index is 0.0287. The maximum atomic E-state index is 12.1. The van der Waals surface area contributed by atoms with E-state index in [1.54, 1.807) is 36.8 Å². The number of halogens is 1. The van der Waals surface area contributed by atoms with E-state index in [0.29, 0.717) is 21.9 Å². The molecule has 1 aromatic heterocycles. The van der Waals surface area contributed by atoms with Gasteiger partial charge in [0, 0.05) is 27.2 Å². The van der Waals surface area contributed by atoms with Crippen molar-refractivity contribution in [2.24, 2.45) is 0 Å². The zero-order valence-corrected chi connectivity index (χ0v) is 11.5. The molecule has 0 saturated carbocycles. The zero-order valence-electron chi connectivity index (χ0n) is 9.07. The Morgan fingerprint density at radius 1 is 1.41 bits per heavy atom. The van der Waals surface area contributed by atoms with E-state index in [2.05, 4.69) is 15.9 Å². The van der Waals surface area contributed by atoms with Gasteiger partial charge in [0.05, 0.1) is 12.0 Å².